The quantitative estimate of drug-likeness (QED) is 0.875. The van der Waals surface area contributed by atoms with Crippen LogP contribution in [0.4, 0.5) is 0 Å². The van der Waals surface area contributed by atoms with E-state index >= 15 is 0 Å². The largest absolute Gasteiger partial charge is 0.334 e. The smallest absolute Gasteiger partial charge is 0.252 e. The molecule has 0 atom stereocenters. The fourth-order valence-corrected chi connectivity index (χ4v) is 2.26. The van der Waals surface area contributed by atoms with Crippen LogP contribution in [-0.2, 0) is 0 Å². The highest BCUT2D eigenvalue weighted by atomic mass is 35.5. The molecule has 0 bridgehead atoms. The summed E-state index contributed by atoms with van der Waals surface area (Å²) in [5, 5.41) is 12.6. The van der Waals surface area contributed by atoms with Crippen molar-refractivity contribution in [3.63, 3.8) is 0 Å². The first-order chi connectivity index (χ1) is 8.15. The fourth-order valence-electron chi connectivity index (χ4n) is 2.13. The highest BCUT2D eigenvalue weighted by Crippen LogP contribution is 2.29. The number of hydrogen-bond acceptors (Lipinski definition) is 2. The molecule has 3 nitrogen and oxygen atoms in total. The normalized spacial score (nSPS) is 17.4. The van der Waals surface area contributed by atoms with Crippen molar-refractivity contribution in [3.8, 4) is 6.07 Å². The molecule has 1 aliphatic carbocycles. The van der Waals surface area contributed by atoms with Crippen molar-refractivity contribution in [1.82, 2.24) is 5.32 Å². The van der Waals surface area contributed by atoms with Crippen LogP contribution in [0.1, 0.15) is 36.0 Å². The number of carbonyl (C=O) groups is 1. The molecule has 4 heteroatoms. The van der Waals surface area contributed by atoms with Crippen LogP contribution in [0, 0.1) is 11.3 Å². The number of hydrogen-bond donors (Lipinski definition) is 1. The first kappa shape index (κ1) is 11.9. The number of amides is 1. The van der Waals surface area contributed by atoms with Gasteiger partial charge in [-0.25, -0.2) is 0 Å². The van der Waals surface area contributed by atoms with Crippen molar-refractivity contribution >= 4 is 17.5 Å². The van der Waals surface area contributed by atoms with Crippen LogP contribution in [0.15, 0.2) is 24.3 Å². The Labute approximate surface area is 105 Å². The minimum Gasteiger partial charge on any atom is -0.334 e. The molecule has 1 amide bonds. The molecule has 1 aliphatic rings. The van der Waals surface area contributed by atoms with Crippen LogP contribution in [0.25, 0.3) is 0 Å². The number of nitriles is 1. The molecule has 1 fully saturated rings. The van der Waals surface area contributed by atoms with Gasteiger partial charge in [-0.05, 0) is 49.9 Å². The van der Waals surface area contributed by atoms with Gasteiger partial charge in [0.2, 0.25) is 0 Å². The Bertz CT molecular complexity index is 455. The van der Waals surface area contributed by atoms with Gasteiger partial charge in [0.15, 0.2) is 0 Å². The molecule has 1 aromatic rings. The zero-order valence-electron chi connectivity index (χ0n) is 9.37. The molecule has 0 heterocycles. The minimum atomic E-state index is -0.670. The van der Waals surface area contributed by atoms with Gasteiger partial charge in [0.1, 0.15) is 5.54 Å². The second kappa shape index (κ2) is 4.77. The maximum atomic E-state index is 12.0. The summed E-state index contributed by atoms with van der Waals surface area (Å²) in [6.45, 7) is 0. The first-order valence-electron chi connectivity index (χ1n) is 5.65. The Morgan fingerprint density at radius 2 is 1.88 bits per heavy atom. The minimum absolute atomic E-state index is 0.204. The van der Waals surface area contributed by atoms with E-state index in [4.69, 9.17) is 11.6 Å². The molecule has 0 aromatic heterocycles. The summed E-state index contributed by atoms with van der Waals surface area (Å²) in [6, 6.07) is 8.90. The van der Waals surface area contributed by atoms with E-state index in [0.29, 0.717) is 10.6 Å². The van der Waals surface area contributed by atoms with Crippen LogP contribution in [0.2, 0.25) is 5.02 Å². The lowest BCUT2D eigenvalue weighted by Crippen LogP contribution is -2.45. The van der Waals surface area contributed by atoms with Crippen LogP contribution >= 0.6 is 11.6 Å². The molecule has 17 heavy (non-hydrogen) atoms. The molecule has 1 aromatic carbocycles. The van der Waals surface area contributed by atoms with Crippen molar-refractivity contribution in [3.05, 3.63) is 34.9 Å². The summed E-state index contributed by atoms with van der Waals surface area (Å²) in [5.41, 5.74) is -0.132. The third-order valence-electron chi connectivity index (χ3n) is 3.13. The molecule has 88 valence electrons. The van der Waals surface area contributed by atoms with Gasteiger partial charge in [0.25, 0.3) is 5.91 Å². The summed E-state index contributed by atoms with van der Waals surface area (Å²) in [5.74, 6) is -0.204. The lowest BCUT2D eigenvalue weighted by Gasteiger charge is -2.21. The molecule has 0 aliphatic heterocycles. The number of carbonyl (C=O) groups excluding carboxylic acids is 1. The van der Waals surface area contributed by atoms with Crippen molar-refractivity contribution in [2.45, 2.75) is 31.2 Å². The Kier molecular flexibility index (Phi) is 3.35. The molecule has 0 spiro atoms. The fraction of sp³-hybridized carbons (Fsp3) is 0.385. The number of nitrogens with one attached hydrogen (secondary N) is 1. The second-order valence-electron chi connectivity index (χ2n) is 4.36. The number of rotatable bonds is 2. The maximum absolute atomic E-state index is 12.0. The SMILES string of the molecule is N#CC1(NC(=O)c2ccc(Cl)cc2)CCCC1. The van der Waals surface area contributed by atoms with Gasteiger partial charge >= 0.3 is 0 Å². The van der Waals surface area contributed by atoms with Crippen molar-refractivity contribution < 1.29 is 4.79 Å². The maximum Gasteiger partial charge on any atom is 0.252 e. The van der Waals surface area contributed by atoms with Crippen LogP contribution in [-0.4, -0.2) is 11.4 Å². The van der Waals surface area contributed by atoms with E-state index in [0.717, 1.165) is 25.7 Å². The number of benzene rings is 1. The Morgan fingerprint density at radius 1 is 1.29 bits per heavy atom. The third kappa shape index (κ3) is 2.59. The molecule has 1 saturated carbocycles. The second-order valence-corrected chi connectivity index (χ2v) is 4.80. The Hall–Kier alpha value is -1.53. The summed E-state index contributed by atoms with van der Waals surface area (Å²) in [4.78, 5) is 12.0. The number of halogens is 1. The molecule has 0 saturated heterocycles. The zero-order chi connectivity index (χ0) is 12.3. The van der Waals surface area contributed by atoms with Gasteiger partial charge < -0.3 is 5.32 Å². The van der Waals surface area contributed by atoms with E-state index in [1.54, 1.807) is 24.3 Å². The predicted molar refractivity (Wildman–Crippen MR) is 65.7 cm³/mol. The standard InChI is InChI=1S/C13H13ClN2O/c14-11-5-3-10(4-6-11)12(17)16-13(9-15)7-1-2-8-13/h3-6H,1-2,7-8H2,(H,16,17). The van der Waals surface area contributed by atoms with Gasteiger partial charge in [-0.1, -0.05) is 11.6 Å². The third-order valence-corrected chi connectivity index (χ3v) is 3.38. The van der Waals surface area contributed by atoms with Gasteiger partial charge in [0, 0.05) is 10.6 Å². The molecule has 2 rings (SSSR count). The zero-order valence-corrected chi connectivity index (χ0v) is 10.1. The summed E-state index contributed by atoms with van der Waals surface area (Å²) in [6.07, 6.45) is 3.47. The van der Waals surface area contributed by atoms with Gasteiger partial charge in [0.05, 0.1) is 6.07 Å². The highest BCUT2D eigenvalue weighted by Gasteiger charge is 2.35. The average molecular weight is 249 g/mol. The average Bonchev–Trinajstić information content (AvgIpc) is 2.79. The van der Waals surface area contributed by atoms with Gasteiger partial charge in [-0.15, -0.1) is 0 Å². The summed E-state index contributed by atoms with van der Waals surface area (Å²) in [7, 11) is 0. The molecule has 0 radical (unpaired) electrons. The highest BCUT2D eigenvalue weighted by molar-refractivity contribution is 6.30. The predicted octanol–water partition coefficient (Wildman–Crippen LogP) is 2.91. The Balaban J connectivity index is 2.11. The van der Waals surface area contributed by atoms with Gasteiger partial charge in [-0.3, -0.25) is 4.79 Å². The summed E-state index contributed by atoms with van der Waals surface area (Å²) < 4.78 is 0. The van der Waals surface area contributed by atoms with Crippen LogP contribution < -0.4 is 5.32 Å². The van der Waals surface area contributed by atoms with E-state index < -0.39 is 5.54 Å². The molecule has 1 N–H and O–H groups in total. The summed E-state index contributed by atoms with van der Waals surface area (Å²) >= 11 is 5.76. The Morgan fingerprint density at radius 3 is 2.41 bits per heavy atom. The first-order valence-corrected chi connectivity index (χ1v) is 6.02. The lowest BCUT2D eigenvalue weighted by atomic mass is 9.99. The topological polar surface area (TPSA) is 52.9 Å². The van der Waals surface area contributed by atoms with E-state index in [2.05, 4.69) is 11.4 Å². The van der Waals surface area contributed by atoms with E-state index in [9.17, 15) is 10.1 Å². The van der Waals surface area contributed by atoms with Crippen molar-refractivity contribution in [1.29, 1.82) is 5.26 Å². The van der Waals surface area contributed by atoms with Crippen molar-refractivity contribution in [2.24, 2.45) is 0 Å². The molecular formula is C13H13ClN2O. The van der Waals surface area contributed by atoms with E-state index in [1.807, 2.05) is 0 Å². The van der Waals surface area contributed by atoms with E-state index in [-0.39, 0.29) is 5.91 Å². The van der Waals surface area contributed by atoms with Crippen LogP contribution in [0.3, 0.4) is 0 Å². The van der Waals surface area contributed by atoms with E-state index in [1.165, 1.54) is 0 Å². The van der Waals surface area contributed by atoms with Crippen molar-refractivity contribution in [2.75, 3.05) is 0 Å². The molecule has 0 unspecified atom stereocenters. The number of nitrogens with zero attached hydrogens (tertiary/aromatic N) is 1. The van der Waals surface area contributed by atoms with Crippen LogP contribution in [0.5, 0.6) is 0 Å². The van der Waals surface area contributed by atoms with Gasteiger partial charge in [-0.2, -0.15) is 5.26 Å². The monoisotopic (exact) mass is 248 g/mol. The lowest BCUT2D eigenvalue weighted by molar-refractivity contribution is 0.0920. The molecular weight excluding hydrogens is 236 g/mol.